The molecule has 0 aliphatic heterocycles. The fraction of sp³-hybridized carbons (Fsp3) is 0.500. The largest absolute Gasteiger partial charge is 0.385 e. The highest BCUT2D eigenvalue weighted by atomic mass is 16.6. The van der Waals surface area contributed by atoms with Crippen molar-refractivity contribution in [3.8, 4) is 0 Å². The smallest absolute Gasteiger partial charge is 0.269 e. The Balaban J connectivity index is 2.21. The molecule has 0 aliphatic carbocycles. The molecule has 1 N–H and O–H groups in total. The molecule has 0 saturated carbocycles. The predicted octanol–water partition coefficient (Wildman–Crippen LogP) is 1.76. The number of nitro benzene ring substituents is 1. The Kier molecular flexibility index (Phi) is 6.21. The SMILES string of the molecule is COCCCNCCc1ccc([N+](=O)[O-])cc1. The number of nitro groups is 1. The topological polar surface area (TPSA) is 64.4 Å². The van der Waals surface area contributed by atoms with Gasteiger partial charge in [0.25, 0.3) is 5.69 Å². The van der Waals surface area contributed by atoms with Crippen LogP contribution in [0.3, 0.4) is 0 Å². The molecule has 0 saturated heterocycles. The summed E-state index contributed by atoms with van der Waals surface area (Å²) in [7, 11) is 1.69. The molecule has 1 rings (SSSR count). The van der Waals surface area contributed by atoms with Crippen LogP contribution in [0.2, 0.25) is 0 Å². The fourth-order valence-electron chi connectivity index (χ4n) is 1.48. The van der Waals surface area contributed by atoms with Gasteiger partial charge < -0.3 is 10.1 Å². The molecule has 0 unspecified atom stereocenters. The molecule has 0 heterocycles. The van der Waals surface area contributed by atoms with Crippen LogP contribution in [0, 0.1) is 10.1 Å². The Morgan fingerprint density at radius 1 is 1.29 bits per heavy atom. The number of rotatable bonds is 8. The minimum Gasteiger partial charge on any atom is -0.385 e. The quantitative estimate of drug-likeness (QED) is 0.426. The van der Waals surface area contributed by atoms with E-state index in [1.54, 1.807) is 31.4 Å². The highest BCUT2D eigenvalue weighted by Gasteiger charge is 2.03. The molecule has 0 amide bonds. The standard InChI is InChI=1S/C12H18N2O3/c1-17-10-2-8-13-9-7-11-3-5-12(6-4-11)14(15)16/h3-6,13H,2,7-10H2,1H3. The molecular formula is C12H18N2O3. The van der Waals surface area contributed by atoms with Gasteiger partial charge in [0.2, 0.25) is 0 Å². The van der Waals surface area contributed by atoms with Crippen LogP contribution in [0.1, 0.15) is 12.0 Å². The minimum atomic E-state index is -0.382. The van der Waals surface area contributed by atoms with Gasteiger partial charge in [-0.1, -0.05) is 12.1 Å². The normalized spacial score (nSPS) is 10.4. The molecule has 0 radical (unpaired) electrons. The number of nitrogens with one attached hydrogen (secondary N) is 1. The van der Waals surface area contributed by atoms with Gasteiger partial charge in [0, 0.05) is 25.8 Å². The summed E-state index contributed by atoms with van der Waals surface area (Å²) < 4.78 is 4.94. The average Bonchev–Trinajstić information content (AvgIpc) is 2.34. The molecule has 0 aromatic heterocycles. The summed E-state index contributed by atoms with van der Waals surface area (Å²) in [4.78, 5) is 10.1. The Morgan fingerprint density at radius 3 is 2.59 bits per heavy atom. The summed E-state index contributed by atoms with van der Waals surface area (Å²) in [6.45, 7) is 2.58. The third-order valence-corrected chi connectivity index (χ3v) is 2.44. The van der Waals surface area contributed by atoms with Crippen molar-refractivity contribution in [1.29, 1.82) is 0 Å². The maximum absolute atomic E-state index is 10.5. The third kappa shape index (κ3) is 5.42. The second-order valence-corrected chi connectivity index (χ2v) is 3.77. The van der Waals surface area contributed by atoms with Crippen molar-refractivity contribution >= 4 is 5.69 Å². The van der Waals surface area contributed by atoms with Crippen LogP contribution in [0.15, 0.2) is 24.3 Å². The summed E-state index contributed by atoms with van der Waals surface area (Å²) in [5.74, 6) is 0. The Bertz CT molecular complexity index is 338. The van der Waals surface area contributed by atoms with E-state index in [0.717, 1.165) is 38.1 Å². The predicted molar refractivity (Wildman–Crippen MR) is 66.2 cm³/mol. The van der Waals surface area contributed by atoms with Crippen molar-refractivity contribution in [1.82, 2.24) is 5.32 Å². The van der Waals surface area contributed by atoms with Gasteiger partial charge in [-0.2, -0.15) is 0 Å². The van der Waals surface area contributed by atoms with E-state index in [4.69, 9.17) is 4.74 Å². The highest BCUT2D eigenvalue weighted by Crippen LogP contribution is 2.11. The van der Waals surface area contributed by atoms with E-state index < -0.39 is 0 Å². The fourth-order valence-corrected chi connectivity index (χ4v) is 1.48. The Hall–Kier alpha value is -1.46. The summed E-state index contributed by atoms with van der Waals surface area (Å²) in [5.41, 5.74) is 1.25. The van der Waals surface area contributed by atoms with Gasteiger partial charge in [-0.05, 0) is 31.5 Å². The first kappa shape index (κ1) is 13.6. The molecule has 5 nitrogen and oxygen atoms in total. The lowest BCUT2D eigenvalue weighted by Gasteiger charge is -2.04. The molecule has 0 atom stereocenters. The molecule has 17 heavy (non-hydrogen) atoms. The molecule has 0 aliphatic rings. The van der Waals surface area contributed by atoms with Crippen molar-refractivity contribution < 1.29 is 9.66 Å². The number of nitrogens with zero attached hydrogens (tertiary/aromatic N) is 1. The number of non-ortho nitro benzene ring substituents is 1. The average molecular weight is 238 g/mol. The van der Waals surface area contributed by atoms with Crippen LogP contribution >= 0.6 is 0 Å². The molecule has 0 fully saturated rings. The first-order chi connectivity index (χ1) is 8.24. The summed E-state index contributed by atoms with van der Waals surface area (Å²) in [5, 5.41) is 13.7. The highest BCUT2D eigenvalue weighted by molar-refractivity contribution is 5.32. The lowest BCUT2D eigenvalue weighted by atomic mass is 10.1. The maximum Gasteiger partial charge on any atom is 0.269 e. The lowest BCUT2D eigenvalue weighted by Crippen LogP contribution is -2.19. The van der Waals surface area contributed by atoms with E-state index in [9.17, 15) is 10.1 Å². The van der Waals surface area contributed by atoms with Crippen molar-refractivity contribution in [3.63, 3.8) is 0 Å². The first-order valence-electron chi connectivity index (χ1n) is 5.67. The van der Waals surface area contributed by atoms with E-state index in [1.165, 1.54) is 0 Å². The summed E-state index contributed by atoms with van der Waals surface area (Å²) >= 11 is 0. The molecule has 5 heteroatoms. The molecule has 1 aromatic carbocycles. The van der Waals surface area contributed by atoms with E-state index >= 15 is 0 Å². The van der Waals surface area contributed by atoms with Crippen molar-refractivity contribution in [2.45, 2.75) is 12.8 Å². The van der Waals surface area contributed by atoms with Crippen LogP contribution in [0.25, 0.3) is 0 Å². The summed E-state index contributed by atoms with van der Waals surface area (Å²) in [6, 6.07) is 6.68. The van der Waals surface area contributed by atoms with Crippen molar-refractivity contribution in [2.24, 2.45) is 0 Å². The zero-order valence-corrected chi connectivity index (χ0v) is 10.0. The van der Waals surface area contributed by atoms with Crippen molar-refractivity contribution in [3.05, 3.63) is 39.9 Å². The monoisotopic (exact) mass is 238 g/mol. The lowest BCUT2D eigenvalue weighted by molar-refractivity contribution is -0.384. The molecule has 1 aromatic rings. The van der Waals surface area contributed by atoms with Crippen molar-refractivity contribution in [2.75, 3.05) is 26.8 Å². The molecule has 94 valence electrons. The van der Waals surface area contributed by atoms with Crippen LogP contribution < -0.4 is 5.32 Å². The molecule has 0 spiro atoms. The van der Waals surface area contributed by atoms with E-state index in [-0.39, 0.29) is 10.6 Å². The number of methoxy groups -OCH3 is 1. The number of ether oxygens (including phenoxy) is 1. The van der Waals surface area contributed by atoms with Gasteiger partial charge in [0.15, 0.2) is 0 Å². The number of hydrogen-bond donors (Lipinski definition) is 1. The first-order valence-corrected chi connectivity index (χ1v) is 5.67. The minimum absolute atomic E-state index is 0.141. The zero-order chi connectivity index (χ0) is 12.5. The van der Waals surface area contributed by atoms with Gasteiger partial charge in [-0.25, -0.2) is 0 Å². The van der Waals surface area contributed by atoms with Crippen LogP contribution in [-0.4, -0.2) is 31.7 Å². The summed E-state index contributed by atoms with van der Waals surface area (Å²) in [6.07, 6.45) is 1.88. The second-order valence-electron chi connectivity index (χ2n) is 3.77. The maximum atomic E-state index is 10.5. The Morgan fingerprint density at radius 2 is 2.00 bits per heavy atom. The van der Waals surface area contributed by atoms with Crippen LogP contribution in [-0.2, 0) is 11.2 Å². The molecule has 0 bridgehead atoms. The van der Waals surface area contributed by atoms with Gasteiger partial charge in [0.1, 0.15) is 0 Å². The van der Waals surface area contributed by atoms with Gasteiger partial charge in [-0.15, -0.1) is 0 Å². The van der Waals surface area contributed by atoms with Crippen LogP contribution in [0.5, 0.6) is 0 Å². The number of benzene rings is 1. The molecular weight excluding hydrogens is 220 g/mol. The third-order valence-electron chi connectivity index (χ3n) is 2.44. The van der Waals surface area contributed by atoms with E-state index in [0.29, 0.717) is 0 Å². The number of hydrogen-bond acceptors (Lipinski definition) is 4. The van der Waals surface area contributed by atoms with Gasteiger partial charge in [-0.3, -0.25) is 10.1 Å². The Labute approximate surface area is 101 Å². The van der Waals surface area contributed by atoms with Gasteiger partial charge >= 0.3 is 0 Å². The van der Waals surface area contributed by atoms with Crippen LogP contribution in [0.4, 0.5) is 5.69 Å². The second kappa shape index (κ2) is 7.76. The van der Waals surface area contributed by atoms with E-state index in [2.05, 4.69) is 5.32 Å². The van der Waals surface area contributed by atoms with Gasteiger partial charge in [0.05, 0.1) is 4.92 Å². The zero-order valence-electron chi connectivity index (χ0n) is 10.0. The van der Waals surface area contributed by atoms with E-state index in [1.807, 2.05) is 0 Å².